The number of primary amides is 1. The number of nitrogens with one attached hydrogen (secondary N) is 3. The number of nitrogens with zero attached hydrogens (tertiary/aromatic N) is 3. The molecule has 4 aromatic rings. The molecule has 0 saturated carbocycles. The summed E-state index contributed by atoms with van der Waals surface area (Å²) in [6.07, 6.45) is 8.25. The second-order valence-electron chi connectivity index (χ2n) is 19.4. The third kappa shape index (κ3) is 13.6. The number of carbonyl (C=O) groups is 5. The first-order chi connectivity index (χ1) is 33.5. The van der Waals surface area contributed by atoms with E-state index in [4.69, 9.17) is 15.2 Å². The zero-order valence-corrected chi connectivity index (χ0v) is 42.0. The molecule has 5 amide bonds. The zero-order chi connectivity index (χ0) is 50.5. The quantitative estimate of drug-likeness (QED) is 0.0399. The number of aliphatic hydroxyl groups is 1. The molecule has 6 N–H and O–H groups in total. The molecule has 15 nitrogen and oxygen atoms in total. The molecule has 2 fully saturated rings. The minimum Gasteiger partial charge on any atom is -0.496 e. The number of nitrogens with two attached hydrogens (primary N) is 1. The predicted molar refractivity (Wildman–Crippen MR) is 268 cm³/mol. The Balaban J connectivity index is 0.905. The molecular formula is C53H68FN7O8S. The first-order valence-corrected chi connectivity index (χ1v) is 25.3. The van der Waals surface area contributed by atoms with Crippen LogP contribution in [0.25, 0.3) is 21.2 Å². The Morgan fingerprint density at radius 3 is 2.37 bits per heavy atom. The van der Waals surface area contributed by atoms with Gasteiger partial charge in [-0.2, -0.15) is 0 Å². The number of unbranched alkanes of at least 4 members (excludes halogenated alkanes) is 8. The van der Waals surface area contributed by atoms with E-state index in [9.17, 15) is 33.5 Å². The van der Waals surface area contributed by atoms with Gasteiger partial charge in [-0.05, 0) is 54.9 Å². The molecule has 376 valence electrons. The number of aromatic nitrogens is 2. The van der Waals surface area contributed by atoms with Gasteiger partial charge in [0.25, 0.3) is 11.8 Å². The van der Waals surface area contributed by atoms with Gasteiger partial charge in [0.1, 0.15) is 24.4 Å². The van der Waals surface area contributed by atoms with Crippen molar-refractivity contribution >= 4 is 51.6 Å². The number of rotatable bonds is 22. The molecule has 2 aromatic heterocycles. The van der Waals surface area contributed by atoms with Crippen molar-refractivity contribution in [3.05, 3.63) is 70.5 Å². The highest BCUT2D eigenvalue weighted by Crippen LogP contribution is 2.34. The lowest BCUT2D eigenvalue weighted by molar-refractivity contribution is -0.144. The van der Waals surface area contributed by atoms with Crippen molar-refractivity contribution in [1.82, 2.24) is 30.8 Å². The zero-order valence-electron chi connectivity index (χ0n) is 41.2. The van der Waals surface area contributed by atoms with E-state index in [2.05, 4.69) is 37.8 Å². The summed E-state index contributed by atoms with van der Waals surface area (Å²) in [6.45, 7) is 9.74. The predicted octanol–water partition coefficient (Wildman–Crippen LogP) is 7.08. The van der Waals surface area contributed by atoms with E-state index in [1.165, 1.54) is 12.0 Å². The number of ether oxygens (including phenoxy) is 2. The number of aliphatic hydroxyl groups excluding tert-OH is 1. The summed E-state index contributed by atoms with van der Waals surface area (Å²) in [6, 6.07) is 8.91. The number of alkyl halides is 1. The number of likely N-dealkylation sites (tertiary alicyclic amines) is 1. The highest BCUT2D eigenvalue weighted by molar-refractivity contribution is 7.13. The molecule has 2 saturated heterocycles. The first-order valence-electron chi connectivity index (χ1n) is 24.4. The number of β-amino-alcohol motifs (C(OH)–C–C–N with tert-alkyl or cyclic N) is 1. The fraction of sp³-hybridized carbons (Fsp3) is 0.528. The minimum atomic E-state index is -1.59. The summed E-state index contributed by atoms with van der Waals surface area (Å²) in [5.74, 6) is 4.15. The van der Waals surface area contributed by atoms with E-state index in [0.29, 0.717) is 35.6 Å². The molecular weight excluding hydrogens is 914 g/mol. The lowest BCUT2D eigenvalue weighted by Gasteiger charge is -2.35. The number of pyridine rings is 1. The van der Waals surface area contributed by atoms with Crippen LogP contribution < -0.4 is 31.2 Å². The number of thiazole rings is 1. The summed E-state index contributed by atoms with van der Waals surface area (Å²) in [5.41, 5.74) is 10.5. The van der Waals surface area contributed by atoms with E-state index in [0.717, 1.165) is 66.6 Å². The van der Waals surface area contributed by atoms with Gasteiger partial charge in [-0.25, -0.2) is 14.4 Å². The van der Waals surface area contributed by atoms with E-state index in [1.54, 1.807) is 29.7 Å². The average Bonchev–Trinajstić information content (AvgIpc) is 4.03. The van der Waals surface area contributed by atoms with Crippen molar-refractivity contribution < 1.29 is 42.9 Å². The Morgan fingerprint density at radius 2 is 1.73 bits per heavy atom. The lowest BCUT2D eigenvalue weighted by atomic mass is 9.85. The standard InChI is InChI=1S/C53H68FN7O8S/c1-7-37-41(59-50(66)45(37)54)30-69-51-39-26-43(68-6)40(48(55)64)25-38(39)35(28-57-51)18-16-14-12-10-8-9-11-13-15-17-19-44(63)60-47(53(3,4)5)52(67)61-29-36(62)24-42(61)49(65)56-27-33-20-22-34(23-21-33)46-32(2)58-31-70-46/h20-23,25-26,28,31,36-37,41-42,45,47,62H,7-15,17,19,24,27,29-30H2,1-6H3,(H2,55,64)(H,56,65)(H,59,66)(H,60,63). The molecule has 2 aliphatic heterocycles. The highest BCUT2D eigenvalue weighted by atomic mass is 32.1. The second kappa shape index (κ2) is 24.6. The van der Waals surface area contributed by atoms with Crippen molar-refractivity contribution in [3.63, 3.8) is 0 Å². The van der Waals surface area contributed by atoms with Crippen LogP contribution in [0.15, 0.2) is 48.1 Å². The molecule has 2 aliphatic rings. The van der Waals surface area contributed by atoms with Gasteiger partial charge in [0.2, 0.25) is 23.6 Å². The van der Waals surface area contributed by atoms with Gasteiger partial charge in [0.05, 0.1) is 46.5 Å². The van der Waals surface area contributed by atoms with Crippen LogP contribution in [0.3, 0.4) is 0 Å². The molecule has 0 aliphatic carbocycles. The number of fused-ring (bicyclic) bond motifs is 1. The maximum Gasteiger partial charge on any atom is 0.255 e. The third-order valence-corrected chi connectivity index (χ3v) is 14.1. The van der Waals surface area contributed by atoms with E-state index >= 15 is 0 Å². The number of hydrogen-bond donors (Lipinski definition) is 5. The summed E-state index contributed by atoms with van der Waals surface area (Å²) >= 11 is 1.58. The SMILES string of the molecule is CCC1C(COc2ncc(C#CCCCCCCCCCCC(=O)NC(C(=O)N3CC(O)CC3C(=O)NCc3ccc(-c4scnc4C)cc3)C(C)(C)C)c3cc(C(N)=O)c(OC)cc23)NC(=O)C1F. The van der Waals surface area contributed by atoms with Gasteiger partial charge in [0, 0.05) is 55.2 Å². The fourth-order valence-corrected chi connectivity index (χ4v) is 9.95. The van der Waals surface area contributed by atoms with Crippen molar-refractivity contribution in [3.8, 4) is 33.9 Å². The molecule has 6 atom stereocenters. The van der Waals surface area contributed by atoms with Gasteiger partial charge in [-0.1, -0.05) is 102 Å². The average molecular weight is 982 g/mol. The third-order valence-electron chi connectivity index (χ3n) is 13.2. The van der Waals surface area contributed by atoms with E-state index in [-0.39, 0.29) is 67.5 Å². The summed E-state index contributed by atoms with van der Waals surface area (Å²) < 4.78 is 25.9. The maximum atomic E-state index is 14.4. The molecule has 0 radical (unpaired) electrons. The van der Waals surface area contributed by atoms with Gasteiger partial charge in [-0.15, -0.1) is 11.3 Å². The van der Waals surface area contributed by atoms with Gasteiger partial charge >= 0.3 is 0 Å². The fourth-order valence-electron chi connectivity index (χ4n) is 9.14. The Kier molecular flexibility index (Phi) is 18.7. The van der Waals surface area contributed by atoms with E-state index in [1.807, 2.05) is 64.4 Å². The van der Waals surface area contributed by atoms with Crippen LogP contribution in [0.2, 0.25) is 0 Å². The molecule has 0 bridgehead atoms. The maximum absolute atomic E-state index is 14.4. The van der Waals surface area contributed by atoms with Gasteiger partial charge in [-0.3, -0.25) is 24.0 Å². The minimum absolute atomic E-state index is 0.0153. The lowest BCUT2D eigenvalue weighted by Crippen LogP contribution is -2.57. The van der Waals surface area contributed by atoms with Crippen molar-refractivity contribution in [2.45, 2.75) is 149 Å². The van der Waals surface area contributed by atoms with Crippen LogP contribution in [0.5, 0.6) is 11.6 Å². The summed E-state index contributed by atoms with van der Waals surface area (Å²) in [5, 5.41) is 20.3. The monoisotopic (exact) mass is 981 g/mol. The summed E-state index contributed by atoms with van der Waals surface area (Å²) in [7, 11) is 1.43. The molecule has 17 heteroatoms. The summed E-state index contributed by atoms with van der Waals surface area (Å²) in [4.78, 5) is 76.3. The normalized spacial score (nSPS) is 19.3. The van der Waals surface area contributed by atoms with Crippen LogP contribution >= 0.6 is 11.3 Å². The van der Waals surface area contributed by atoms with Crippen LogP contribution in [-0.4, -0.2) is 100 Å². The number of methoxy groups -OCH3 is 1. The second-order valence-corrected chi connectivity index (χ2v) is 20.3. The van der Waals surface area contributed by atoms with Gasteiger partial charge in [0.15, 0.2) is 6.17 Å². The molecule has 70 heavy (non-hydrogen) atoms. The topological polar surface area (TPSA) is 215 Å². The van der Waals surface area contributed by atoms with Crippen LogP contribution in [0.4, 0.5) is 4.39 Å². The number of carbonyl (C=O) groups excluding carboxylic acids is 5. The van der Waals surface area contributed by atoms with Crippen LogP contribution in [0.1, 0.15) is 132 Å². The van der Waals surface area contributed by atoms with Crippen molar-refractivity contribution in [2.24, 2.45) is 17.1 Å². The number of aryl methyl sites for hydroxylation is 1. The molecule has 6 rings (SSSR count). The van der Waals surface area contributed by atoms with Crippen LogP contribution in [0, 0.1) is 30.1 Å². The molecule has 2 aromatic carbocycles. The Morgan fingerprint density at radius 1 is 1.03 bits per heavy atom. The van der Waals surface area contributed by atoms with Gasteiger partial charge < -0.3 is 41.2 Å². The Bertz CT molecular complexity index is 2550. The van der Waals surface area contributed by atoms with Crippen molar-refractivity contribution in [1.29, 1.82) is 0 Å². The smallest absolute Gasteiger partial charge is 0.255 e. The Hall–Kier alpha value is -6.12. The Labute approximate surface area is 414 Å². The highest BCUT2D eigenvalue weighted by Gasteiger charge is 2.45. The first kappa shape index (κ1) is 53.2. The van der Waals surface area contributed by atoms with E-state index < -0.39 is 53.5 Å². The van der Waals surface area contributed by atoms with Crippen molar-refractivity contribution in [2.75, 3.05) is 20.3 Å². The van der Waals surface area contributed by atoms with Crippen LogP contribution in [-0.2, 0) is 25.7 Å². The number of halogens is 1. The molecule has 6 unspecified atom stereocenters. The molecule has 4 heterocycles. The number of benzene rings is 2. The number of hydrogen-bond acceptors (Lipinski definition) is 11. The number of amides is 5. The largest absolute Gasteiger partial charge is 0.496 e. The molecule has 0 spiro atoms.